The van der Waals surface area contributed by atoms with Crippen LogP contribution in [0.15, 0.2) is 48.5 Å². The van der Waals surface area contributed by atoms with Crippen molar-refractivity contribution in [3.05, 3.63) is 59.2 Å². The molecule has 3 aromatic rings. The number of fused-ring (bicyclic) bond motifs is 1. The first kappa shape index (κ1) is 16.2. The summed E-state index contributed by atoms with van der Waals surface area (Å²) < 4.78 is 14.3. The summed E-state index contributed by atoms with van der Waals surface area (Å²) in [5, 5.41) is 1.04. The third-order valence-corrected chi connectivity index (χ3v) is 5.84. The van der Waals surface area contributed by atoms with Crippen LogP contribution in [-0.4, -0.2) is 29.9 Å². The van der Waals surface area contributed by atoms with E-state index >= 15 is 0 Å². The maximum absolute atomic E-state index is 13.2. The van der Waals surface area contributed by atoms with Gasteiger partial charge >= 0.3 is 0 Å². The molecule has 1 aromatic heterocycles. The third-order valence-electron chi connectivity index (χ3n) is 4.75. The topological polar surface area (TPSA) is 46.3 Å². The monoisotopic (exact) mass is 354 g/mol. The van der Waals surface area contributed by atoms with Crippen LogP contribution in [0.2, 0.25) is 0 Å². The van der Waals surface area contributed by atoms with Gasteiger partial charge in [-0.2, -0.15) is 0 Å². The number of halogens is 1. The van der Waals surface area contributed by atoms with Crippen LogP contribution in [0.25, 0.3) is 21.2 Å². The van der Waals surface area contributed by atoms with Gasteiger partial charge in [0.05, 0.1) is 4.88 Å². The number of nitrogens with two attached hydrogens (primary N) is 1. The number of amides is 1. The Labute approximate surface area is 149 Å². The molecule has 1 saturated heterocycles. The van der Waals surface area contributed by atoms with E-state index in [1.165, 1.54) is 23.5 Å². The van der Waals surface area contributed by atoms with Crippen LogP contribution in [0.4, 0.5) is 4.39 Å². The van der Waals surface area contributed by atoms with Crippen molar-refractivity contribution in [2.45, 2.75) is 18.9 Å². The fourth-order valence-corrected chi connectivity index (χ4v) is 4.36. The molecule has 0 spiro atoms. The van der Waals surface area contributed by atoms with Gasteiger partial charge in [-0.05, 0) is 48.2 Å². The van der Waals surface area contributed by atoms with Crippen LogP contribution < -0.4 is 5.73 Å². The predicted octanol–water partition coefficient (Wildman–Crippen LogP) is 4.27. The molecule has 1 fully saturated rings. The zero-order chi connectivity index (χ0) is 17.4. The van der Waals surface area contributed by atoms with Gasteiger partial charge in [0.25, 0.3) is 5.91 Å². The molecule has 128 valence electrons. The van der Waals surface area contributed by atoms with E-state index in [2.05, 4.69) is 0 Å². The Morgan fingerprint density at radius 3 is 2.56 bits per heavy atom. The minimum absolute atomic E-state index is 0.0816. The fourth-order valence-electron chi connectivity index (χ4n) is 3.31. The van der Waals surface area contributed by atoms with Gasteiger partial charge < -0.3 is 10.6 Å². The number of nitrogens with zero attached hydrogens (tertiary/aromatic N) is 1. The standard InChI is InChI=1S/C20H19FN2OS/c21-14-6-4-13(5-7-14)16-2-1-3-18-17(16)12-19(25-18)20(24)23-10-8-15(22)9-11-23/h1-7,12,15H,8-11,22H2. The first-order valence-electron chi connectivity index (χ1n) is 8.45. The molecule has 3 nitrogen and oxygen atoms in total. The molecule has 1 amide bonds. The highest BCUT2D eigenvalue weighted by molar-refractivity contribution is 7.20. The van der Waals surface area contributed by atoms with Crippen LogP contribution in [0.1, 0.15) is 22.5 Å². The highest BCUT2D eigenvalue weighted by atomic mass is 32.1. The zero-order valence-electron chi connectivity index (χ0n) is 13.7. The lowest BCUT2D eigenvalue weighted by Gasteiger charge is -2.29. The minimum atomic E-state index is -0.250. The summed E-state index contributed by atoms with van der Waals surface area (Å²) >= 11 is 1.52. The molecular formula is C20H19FN2OS. The van der Waals surface area contributed by atoms with Crippen molar-refractivity contribution in [2.24, 2.45) is 5.73 Å². The number of hydrogen-bond acceptors (Lipinski definition) is 3. The molecule has 2 N–H and O–H groups in total. The van der Waals surface area contributed by atoms with Gasteiger partial charge in [0.2, 0.25) is 0 Å². The number of rotatable bonds is 2. The van der Waals surface area contributed by atoms with Crippen molar-refractivity contribution in [3.8, 4) is 11.1 Å². The number of carbonyl (C=O) groups excluding carboxylic acids is 1. The number of carbonyl (C=O) groups is 1. The van der Waals surface area contributed by atoms with E-state index in [0.29, 0.717) is 0 Å². The summed E-state index contributed by atoms with van der Waals surface area (Å²) in [7, 11) is 0. The lowest BCUT2D eigenvalue weighted by atomic mass is 10.0. The summed E-state index contributed by atoms with van der Waals surface area (Å²) in [5.41, 5.74) is 7.90. The van der Waals surface area contributed by atoms with Gasteiger partial charge in [-0.3, -0.25) is 4.79 Å². The van der Waals surface area contributed by atoms with Gasteiger partial charge in [0.1, 0.15) is 5.82 Å². The van der Waals surface area contributed by atoms with Crippen molar-refractivity contribution in [2.75, 3.05) is 13.1 Å². The van der Waals surface area contributed by atoms with E-state index in [9.17, 15) is 9.18 Å². The minimum Gasteiger partial charge on any atom is -0.338 e. The Morgan fingerprint density at radius 2 is 1.84 bits per heavy atom. The third kappa shape index (κ3) is 3.17. The van der Waals surface area contributed by atoms with E-state index < -0.39 is 0 Å². The van der Waals surface area contributed by atoms with Crippen molar-refractivity contribution in [3.63, 3.8) is 0 Å². The van der Waals surface area contributed by atoms with Gasteiger partial charge in [-0.15, -0.1) is 11.3 Å². The molecule has 2 aromatic carbocycles. The van der Waals surface area contributed by atoms with Crippen LogP contribution in [0, 0.1) is 5.82 Å². The van der Waals surface area contributed by atoms with Crippen molar-refractivity contribution in [1.29, 1.82) is 0 Å². The lowest BCUT2D eigenvalue weighted by molar-refractivity contribution is 0.0720. The molecule has 0 bridgehead atoms. The second-order valence-corrected chi connectivity index (χ2v) is 7.55. The number of thiophene rings is 1. The Morgan fingerprint density at radius 1 is 1.12 bits per heavy atom. The highest BCUT2D eigenvalue weighted by Gasteiger charge is 2.23. The molecule has 0 unspecified atom stereocenters. The second-order valence-electron chi connectivity index (χ2n) is 6.46. The molecule has 0 saturated carbocycles. The molecular weight excluding hydrogens is 335 g/mol. The molecule has 0 aliphatic carbocycles. The number of likely N-dealkylation sites (tertiary alicyclic amines) is 1. The number of benzene rings is 2. The molecule has 5 heteroatoms. The molecule has 0 radical (unpaired) electrons. The van der Waals surface area contributed by atoms with Crippen molar-refractivity contribution < 1.29 is 9.18 Å². The smallest absolute Gasteiger partial charge is 0.263 e. The Bertz CT molecular complexity index is 911. The first-order valence-corrected chi connectivity index (χ1v) is 9.27. The van der Waals surface area contributed by atoms with E-state index in [1.54, 1.807) is 12.1 Å². The number of piperidine rings is 1. The molecule has 1 aliphatic heterocycles. The quantitative estimate of drug-likeness (QED) is 0.747. The summed E-state index contributed by atoms with van der Waals surface area (Å²) in [6.45, 7) is 1.44. The average Bonchev–Trinajstić information content (AvgIpc) is 3.07. The average molecular weight is 354 g/mol. The Hall–Kier alpha value is -2.24. The largest absolute Gasteiger partial charge is 0.338 e. The molecule has 4 rings (SSSR count). The summed E-state index contributed by atoms with van der Waals surface area (Å²) in [6.07, 6.45) is 1.72. The Kier molecular flexibility index (Phi) is 4.27. The summed E-state index contributed by atoms with van der Waals surface area (Å²) in [4.78, 5) is 15.5. The van der Waals surface area contributed by atoms with E-state index in [4.69, 9.17) is 5.73 Å². The summed E-state index contributed by atoms with van der Waals surface area (Å²) in [5.74, 6) is -0.168. The Balaban J connectivity index is 1.69. The maximum atomic E-state index is 13.2. The van der Waals surface area contributed by atoms with Crippen molar-refractivity contribution in [1.82, 2.24) is 4.90 Å². The van der Waals surface area contributed by atoms with Crippen LogP contribution >= 0.6 is 11.3 Å². The van der Waals surface area contributed by atoms with Gasteiger partial charge in [0.15, 0.2) is 0 Å². The normalized spacial score (nSPS) is 15.7. The molecule has 0 atom stereocenters. The van der Waals surface area contributed by atoms with Crippen LogP contribution in [-0.2, 0) is 0 Å². The van der Waals surface area contributed by atoms with Crippen LogP contribution in [0.3, 0.4) is 0 Å². The molecule has 25 heavy (non-hydrogen) atoms. The highest BCUT2D eigenvalue weighted by Crippen LogP contribution is 2.35. The van der Waals surface area contributed by atoms with E-state index in [0.717, 1.165) is 52.0 Å². The maximum Gasteiger partial charge on any atom is 0.263 e. The zero-order valence-corrected chi connectivity index (χ0v) is 14.6. The number of hydrogen-bond donors (Lipinski definition) is 1. The van der Waals surface area contributed by atoms with E-state index in [1.807, 2.05) is 29.2 Å². The SMILES string of the molecule is NC1CCN(C(=O)c2cc3c(-c4ccc(F)cc4)cccc3s2)CC1. The second kappa shape index (κ2) is 6.58. The van der Waals surface area contributed by atoms with Gasteiger partial charge in [-0.25, -0.2) is 4.39 Å². The first-order chi connectivity index (χ1) is 12.1. The lowest BCUT2D eigenvalue weighted by Crippen LogP contribution is -2.42. The summed E-state index contributed by atoms with van der Waals surface area (Å²) in [6, 6.07) is 14.7. The fraction of sp³-hybridized carbons (Fsp3) is 0.250. The molecule has 2 heterocycles. The van der Waals surface area contributed by atoms with Gasteiger partial charge in [-0.1, -0.05) is 24.3 Å². The molecule has 1 aliphatic rings. The van der Waals surface area contributed by atoms with Gasteiger partial charge in [0, 0.05) is 29.2 Å². The predicted molar refractivity (Wildman–Crippen MR) is 100 cm³/mol. The van der Waals surface area contributed by atoms with Crippen LogP contribution in [0.5, 0.6) is 0 Å². The van der Waals surface area contributed by atoms with E-state index in [-0.39, 0.29) is 17.8 Å². The van der Waals surface area contributed by atoms with Crippen molar-refractivity contribution >= 4 is 27.3 Å².